The minimum atomic E-state index is -1.08. The van der Waals surface area contributed by atoms with Gasteiger partial charge in [0.05, 0.1) is 12.2 Å². The fraction of sp³-hybridized carbons (Fsp3) is 0.556. The molecule has 0 heterocycles. The molecular weight excluding hydrogens is 310 g/mol. The summed E-state index contributed by atoms with van der Waals surface area (Å²) in [5, 5.41) is 11.8. The van der Waals surface area contributed by atoms with E-state index in [0.29, 0.717) is 17.9 Å². The number of carboxylic acid groups (broad SMARTS) is 1. The number of rotatable bonds is 9. The maximum atomic E-state index is 12.3. The summed E-state index contributed by atoms with van der Waals surface area (Å²) >= 11 is 0. The van der Waals surface area contributed by atoms with Crippen molar-refractivity contribution < 1.29 is 24.2 Å². The first kappa shape index (κ1) is 20.0. The molecule has 0 saturated carbocycles. The van der Waals surface area contributed by atoms with E-state index in [1.807, 2.05) is 27.7 Å². The summed E-state index contributed by atoms with van der Waals surface area (Å²) < 4.78 is 11.0. The maximum absolute atomic E-state index is 12.3. The van der Waals surface area contributed by atoms with E-state index in [2.05, 4.69) is 5.32 Å². The van der Waals surface area contributed by atoms with Crippen LogP contribution in [0.3, 0.4) is 0 Å². The third-order valence-electron chi connectivity index (χ3n) is 3.11. The van der Waals surface area contributed by atoms with E-state index in [4.69, 9.17) is 9.47 Å². The Morgan fingerprint density at radius 1 is 1.25 bits per heavy atom. The van der Waals surface area contributed by atoms with Crippen LogP contribution in [0.15, 0.2) is 24.3 Å². The molecule has 1 amide bonds. The Morgan fingerprint density at radius 3 is 2.54 bits per heavy atom. The molecule has 0 aliphatic rings. The molecule has 6 nitrogen and oxygen atoms in total. The molecule has 0 saturated heterocycles. The molecule has 134 valence electrons. The van der Waals surface area contributed by atoms with Gasteiger partial charge in [-0.2, -0.15) is 0 Å². The van der Waals surface area contributed by atoms with Crippen LogP contribution < -0.4 is 10.1 Å². The molecule has 1 atom stereocenters. The van der Waals surface area contributed by atoms with Gasteiger partial charge in [-0.05, 0) is 45.4 Å². The minimum Gasteiger partial charge on any atom is -0.494 e. The van der Waals surface area contributed by atoms with Crippen molar-refractivity contribution in [3.05, 3.63) is 29.8 Å². The first-order chi connectivity index (χ1) is 11.2. The van der Waals surface area contributed by atoms with Crippen molar-refractivity contribution in [2.45, 2.75) is 52.2 Å². The number of carbonyl (C=O) groups is 2. The van der Waals surface area contributed by atoms with Crippen LogP contribution in [0.4, 0.5) is 0 Å². The minimum absolute atomic E-state index is 0.199. The van der Waals surface area contributed by atoms with Crippen molar-refractivity contribution in [1.82, 2.24) is 5.32 Å². The Balaban J connectivity index is 2.66. The van der Waals surface area contributed by atoms with Gasteiger partial charge in [0.1, 0.15) is 11.8 Å². The van der Waals surface area contributed by atoms with Crippen LogP contribution in [-0.4, -0.2) is 41.8 Å². The lowest BCUT2D eigenvalue weighted by atomic mass is 10.1. The maximum Gasteiger partial charge on any atom is 0.326 e. The lowest BCUT2D eigenvalue weighted by molar-refractivity contribution is -0.140. The third kappa shape index (κ3) is 7.46. The van der Waals surface area contributed by atoms with Crippen LogP contribution in [-0.2, 0) is 9.53 Å². The summed E-state index contributed by atoms with van der Waals surface area (Å²) in [6.07, 6.45) is 1.07. The van der Waals surface area contributed by atoms with Crippen molar-refractivity contribution >= 4 is 11.9 Å². The first-order valence-electron chi connectivity index (χ1n) is 8.13. The molecule has 0 fully saturated rings. The zero-order valence-corrected chi connectivity index (χ0v) is 14.8. The molecule has 1 aromatic carbocycles. The van der Waals surface area contributed by atoms with Gasteiger partial charge >= 0.3 is 5.97 Å². The van der Waals surface area contributed by atoms with Crippen LogP contribution in [0, 0.1) is 0 Å². The fourth-order valence-electron chi connectivity index (χ4n) is 1.93. The molecule has 0 aliphatic carbocycles. The summed E-state index contributed by atoms with van der Waals surface area (Å²) in [5.74, 6) is -0.938. The molecular formula is C18H27NO5. The number of carbonyl (C=O) groups excluding carboxylic acids is 1. The Bertz CT molecular complexity index is 551. The number of ether oxygens (including phenoxy) is 2. The zero-order valence-electron chi connectivity index (χ0n) is 14.8. The second kappa shape index (κ2) is 9.27. The standard InChI is InChI=1S/C18H27NO5/c1-5-10-23-14-8-6-7-13(12-14)16(20)19-15(17(21)22)9-11-24-18(2,3)4/h6-8,12,15H,5,9-11H2,1-4H3,(H,19,20)(H,21,22). The highest BCUT2D eigenvalue weighted by atomic mass is 16.5. The molecule has 6 heteroatoms. The lowest BCUT2D eigenvalue weighted by Gasteiger charge is -2.21. The Hall–Kier alpha value is -2.08. The van der Waals surface area contributed by atoms with Crippen molar-refractivity contribution in [3.63, 3.8) is 0 Å². The van der Waals surface area contributed by atoms with Gasteiger partial charge in [0, 0.05) is 18.6 Å². The number of carboxylic acids is 1. The lowest BCUT2D eigenvalue weighted by Crippen LogP contribution is -2.42. The molecule has 1 unspecified atom stereocenters. The van der Waals surface area contributed by atoms with Gasteiger partial charge in [-0.25, -0.2) is 4.79 Å². The fourth-order valence-corrected chi connectivity index (χ4v) is 1.93. The predicted molar refractivity (Wildman–Crippen MR) is 91.4 cm³/mol. The van der Waals surface area contributed by atoms with Crippen LogP contribution in [0.1, 0.15) is 50.9 Å². The van der Waals surface area contributed by atoms with Gasteiger partial charge in [-0.15, -0.1) is 0 Å². The predicted octanol–water partition coefficient (Wildman–Crippen LogP) is 2.86. The summed E-state index contributed by atoms with van der Waals surface area (Å²) in [7, 11) is 0. The van der Waals surface area contributed by atoms with E-state index in [1.165, 1.54) is 0 Å². The molecule has 2 N–H and O–H groups in total. The molecule has 0 radical (unpaired) electrons. The smallest absolute Gasteiger partial charge is 0.326 e. The van der Waals surface area contributed by atoms with Crippen LogP contribution >= 0.6 is 0 Å². The molecule has 1 aromatic rings. The summed E-state index contributed by atoms with van der Waals surface area (Å²) in [6, 6.07) is 5.70. The van der Waals surface area contributed by atoms with E-state index in [-0.39, 0.29) is 18.6 Å². The molecule has 1 rings (SSSR count). The van der Waals surface area contributed by atoms with E-state index in [1.54, 1.807) is 24.3 Å². The Kier molecular flexibility index (Phi) is 7.71. The average Bonchev–Trinajstić information content (AvgIpc) is 2.50. The van der Waals surface area contributed by atoms with Gasteiger partial charge in [0.2, 0.25) is 0 Å². The quantitative estimate of drug-likeness (QED) is 0.724. The number of nitrogens with one attached hydrogen (secondary N) is 1. The molecule has 24 heavy (non-hydrogen) atoms. The average molecular weight is 337 g/mol. The van der Waals surface area contributed by atoms with E-state index >= 15 is 0 Å². The van der Waals surface area contributed by atoms with Gasteiger partial charge < -0.3 is 19.9 Å². The highest BCUT2D eigenvalue weighted by molar-refractivity contribution is 5.96. The monoisotopic (exact) mass is 337 g/mol. The first-order valence-corrected chi connectivity index (χ1v) is 8.13. The van der Waals surface area contributed by atoms with E-state index in [0.717, 1.165) is 6.42 Å². The van der Waals surface area contributed by atoms with Crippen molar-refractivity contribution in [1.29, 1.82) is 0 Å². The number of hydrogen-bond donors (Lipinski definition) is 2. The zero-order chi connectivity index (χ0) is 18.2. The summed E-state index contributed by atoms with van der Waals surface area (Å²) in [6.45, 7) is 8.48. The van der Waals surface area contributed by atoms with Gasteiger partial charge in [-0.1, -0.05) is 13.0 Å². The molecule has 0 bridgehead atoms. The second-order valence-electron chi connectivity index (χ2n) is 6.49. The Labute approximate surface area is 143 Å². The van der Waals surface area contributed by atoms with Crippen LogP contribution in [0.25, 0.3) is 0 Å². The number of aliphatic carboxylic acids is 1. The van der Waals surface area contributed by atoms with Gasteiger partial charge in [0.25, 0.3) is 5.91 Å². The molecule has 0 aliphatic heterocycles. The van der Waals surface area contributed by atoms with E-state index in [9.17, 15) is 14.7 Å². The van der Waals surface area contributed by atoms with Gasteiger partial charge in [0.15, 0.2) is 0 Å². The number of amides is 1. The number of benzene rings is 1. The summed E-state index contributed by atoms with van der Waals surface area (Å²) in [4.78, 5) is 23.6. The SMILES string of the molecule is CCCOc1cccc(C(=O)NC(CCOC(C)(C)C)C(=O)O)c1. The van der Waals surface area contributed by atoms with E-state index < -0.39 is 17.9 Å². The van der Waals surface area contributed by atoms with Crippen molar-refractivity contribution in [3.8, 4) is 5.75 Å². The topological polar surface area (TPSA) is 84.9 Å². The highest BCUT2D eigenvalue weighted by Gasteiger charge is 2.22. The normalized spacial score (nSPS) is 12.5. The largest absolute Gasteiger partial charge is 0.494 e. The van der Waals surface area contributed by atoms with Gasteiger partial charge in [-0.3, -0.25) is 4.79 Å². The highest BCUT2D eigenvalue weighted by Crippen LogP contribution is 2.14. The molecule has 0 aromatic heterocycles. The number of hydrogen-bond acceptors (Lipinski definition) is 4. The van der Waals surface area contributed by atoms with Crippen LogP contribution in [0.5, 0.6) is 5.75 Å². The van der Waals surface area contributed by atoms with Crippen LogP contribution in [0.2, 0.25) is 0 Å². The summed E-state index contributed by atoms with van der Waals surface area (Å²) in [5.41, 5.74) is 0.0180. The van der Waals surface area contributed by atoms with Crippen molar-refractivity contribution in [2.24, 2.45) is 0 Å². The van der Waals surface area contributed by atoms with Crippen molar-refractivity contribution in [2.75, 3.05) is 13.2 Å². The second-order valence-corrected chi connectivity index (χ2v) is 6.49. The molecule has 0 spiro atoms. The Morgan fingerprint density at radius 2 is 1.96 bits per heavy atom. The third-order valence-corrected chi connectivity index (χ3v) is 3.11.